The molecule has 4 nitrogen and oxygen atoms in total. The fourth-order valence-corrected chi connectivity index (χ4v) is 1.36. The molecule has 14 heavy (non-hydrogen) atoms. The number of nitrogens with two attached hydrogens (primary N) is 1. The molecule has 0 bridgehead atoms. The van der Waals surface area contributed by atoms with Gasteiger partial charge in [-0.1, -0.05) is 13.8 Å². The maximum absolute atomic E-state index is 10.9. The minimum atomic E-state index is -0.500. The van der Waals surface area contributed by atoms with Gasteiger partial charge in [-0.05, 0) is 18.9 Å². The van der Waals surface area contributed by atoms with E-state index >= 15 is 0 Å². The van der Waals surface area contributed by atoms with Crippen molar-refractivity contribution in [2.24, 2.45) is 5.73 Å². The van der Waals surface area contributed by atoms with E-state index in [1.54, 1.807) is 6.20 Å². The molecule has 0 fully saturated rings. The molecule has 1 aromatic rings. The maximum Gasteiger partial charge on any atom is 0.267 e. The summed E-state index contributed by atoms with van der Waals surface area (Å²) in [5.74, 6) is 0.528. The summed E-state index contributed by atoms with van der Waals surface area (Å²) in [6, 6.07) is 1.54. The van der Waals surface area contributed by atoms with Gasteiger partial charge in [-0.25, -0.2) is 9.97 Å². The second-order valence-corrected chi connectivity index (χ2v) is 3.18. The first-order valence-corrected chi connectivity index (χ1v) is 4.81. The number of carbonyl (C=O) groups is 1. The highest BCUT2D eigenvalue weighted by Gasteiger charge is 2.11. The zero-order chi connectivity index (χ0) is 10.6. The Balaban J connectivity index is 2.98. The number of amides is 1. The molecule has 0 aliphatic carbocycles. The maximum atomic E-state index is 10.9. The van der Waals surface area contributed by atoms with Gasteiger partial charge in [-0.15, -0.1) is 0 Å². The summed E-state index contributed by atoms with van der Waals surface area (Å²) in [4.78, 5) is 19.2. The van der Waals surface area contributed by atoms with E-state index in [0.29, 0.717) is 17.4 Å². The third-order valence-electron chi connectivity index (χ3n) is 2.28. The SMILES string of the molecule is CCC(CC)c1nccc(C(N)=O)n1. The third kappa shape index (κ3) is 2.28. The molecule has 1 amide bonds. The van der Waals surface area contributed by atoms with Crippen molar-refractivity contribution in [2.75, 3.05) is 0 Å². The topological polar surface area (TPSA) is 68.9 Å². The van der Waals surface area contributed by atoms with E-state index in [1.165, 1.54) is 6.07 Å². The van der Waals surface area contributed by atoms with E-state index in [4.69, 9.17) is 5.73 Å². The molecular formula is C10H15N3O. The molecule has 0 radical (unpaired) electrons. The average Bonchev–Trinajstić information content (AvgIpc) is 2.20. The molecule has 0 aliphatic rings. The first kappa shape index (κ1) is 10.6. The van der Waals surface area contributed by atoms with Gasteiger partial charge in [-0.3, -0.25) is 4.79 Å². The van der Waals surface area contributed by atoms with Gasteiger partial charge in [0, 0.05) is 12.1 Å². The Morgan fingerprint density at radius 3 is 2.64 bits per heavy atom. The van der Waals surface area contributed by atoms with Crippen molar-refractivity contribution >= 4 is 5.91 Å². The van der Waals surface area contributed by atoms with Crippen molar-refractivity contribution in [3.05, 3.63) is 23.8 Å². The monoisotopic (exact) mass is 193 g/mol. The molecule has 0 unspecified atom stereocenters. The van der Waals surface area contributed by atoms with E-state index in [2.05, 4.69) is 23.8 Å². The fourth-order valence-electron chi connectivity index (χ4n) is 1.36. The minimum Gasteiger partial charge on any atom is -0.364 e. The average molecular weight is 193 g/mol. The van der Waals surface area contributed by atoms with Gasteiger partial charge in [0.1, 0.15) is 11.5 Å². The van der Waals surface area contributed by atoms with Crippen LogP contribution in [0.1, 0.15) is 48.9 Å². The number of primary amides is 1. The summed E-state index contributed by atoms with van der Waals surface area (Å²) in [5, 5.41) is 0. The quantitative estimate of drug-likeness (QED) is 0.787. The first-order chi connectivity index (χ1) is 6.69. The number of carbonyl (C=O) groups excluding carboxylic acids is 1. The Kier molecular flexibility index (Phi) is 3.56. The van der Waals surface area contributed by atoms with Crippen LogP contribution < -0.4 is 5.73 Å². The first-order valence-electron chi connectivity index (χ1n) is 4.81. The van der Waals surface area contributed by atoms with Crippen molar-refractivity contribution in [2.45, 2.75) is 32.6 Å². The second kappa shape index (κ2) is 4.69. The summed E-state index contributed by atoms with van der Waals surface area (Å²) in [6.07, 6.45) is 3.53. The van der Waals surface area contributed by atoms with E-state index in [0.717, 1.165) is 12.8 Å². The molecule has 0 saturated heterocycles. The molecule has 4 heteroatoms. The van der Waals surface area contributed by atoms with Crippen LogP contribution in [-0.4, -0.2) is 15.9 Å². The molecule has 2 N–H and O–H groups in total. The summed E-state index contributed by atoms with van der Waals surface area (Å²) in [5.41, 5.74) is 5.43. The van der Waals surface area contributed by atoms with Crippen LogP contribution in [0.5, 0.6) is 0 Å². The van der Waals surface area contributed by atoms with Crippen molar-refractivity contribution in [3.63, 3.8) is 0 Å². The van der Waals surface area contributed by atoms with Gasteiger partial charge in [0.2, 0.25) is 0 Å². The number of aromatic nitrogens is 2. The zero-order valence-electron chi connectivity index (χ0n) is 8.53. The van der Waals surface area contributed by atoms with Gasteiger partial charge in [0.25, 0.3) is 5.91 Å². The lowest BCUT2D eigenvalue weighted by atomic mass is 10.0. The van der Waals surface area contributed by atoms with Crippen LogP contribution in [0.15, 0.2) is 12.3 Å². The van der Waals surface area contributed by atoms with Crippen LogP contribution in [0.2, 0.25) is 0 Å². The minimum absolute atomic E-state index is 0.293. The Bertz CT molecular complexity index is 321. The molecule has 1 aromatic heterocycles. The number of nitrogens with zero attached hydrogens (tertiary/aromatic N) is 2. The summed E-state index contributed by atoms with van der Waals surface area (Å²) < 4.78 is 0. The highest BCUT2D eigenvalue weighted by molar-refractivity contribution is 5.90. The van der Waals surface area contributed by atoms with E-state index < -0.39 is 5.91 Å². The fraction of sp³-hybridized carbons (Fsp3) is 0.500. The van der Waals surface area contributed by atoms with Crippen LogP contribution >= 0.6 is 0 Å². The van der Waals surface area contributed by atoms with E-state index in [-0.39, 0.29) is 0 Å². The zero-order valence-corrected chi connectivity index (χ0v) is 8.53. The van der Waals surface area contributed by atoms with Crippen LogP contribution in [0, 0.1) is 0 Å². The van der Waals surface area contributed by atoms with Gasteiger partial charge in [-0.2, -0.15) is 0 Å². The largest absolute Gasteiger partial charge is 0.364 e. The Labute approximate surface area is 83.6 Å². The second-order valence-electron chi connectivity index (χ2n) is 3.18. The molecule has 1 rings (SSSR count). The van der Waals surface area contributed by atoms with E-state index in [9.17, 15) is 4.79 Å². The normalized spacial score (nSPS) is 10.5. The standard InChI is InChI=1S/C10H15N3O/c1-3-7(4-2)10-12-6-5-8(13-10)9(11)14/h5-7H,3-4H2,1-2H3,(H2,11,14). The van der Waals surface area contributed by atoms with Crippen LogP contribution in [-0.2, 0) is 0 Å². The number of hydrogen-bond donors (Lipinski definition) is 1. The highest BCUT2D eigenvalue weighted by atomic mass is 16.1. The molecule has 0 spiro atoms. The molecule has 0 atom stereocenters. The lowest BCUT2D eigenvalue weighted by Gasteiger charge is -2.10. The number of hydrogen-bond acceptors (Lipinski definition) is 3. The summed E-state index contributed by atoms with van der Waals surface area (Å²) >= 11 is 0. The number of rotatable bonds is 4. The summed E-state index contributed by atoms with van der Waals surface area (Å²) in [6.45, 7) is 4.16. The molecular weight excluding hydrogens is 178 g/mol. The predicted molar refractivity (Wildman–Crippen MR) is 53.9 cm³/mol. The predicted octanol–water partition coefficient (Wildman–Crippen LogP) is 1.48. The third-order valence-corrected chi connectivity index (χ3v) is 2.28. The molecule has 0 aromatic carbocycles. The lowest BCUT2D eigenvalue weighted by molar-refractivity contribution is 0.0995. The van der Waals surface area contributed by atoms with Crippen molar-refractivity contribution in [1.29, 1.82) is 0 Å². The smallest absolute Gasteiger partial charge is 0.267 e. The van der Waals surface area contributed by atoms with E-state index in [1.807, 2.05) is 0 Å². The highest BCUT2D eigenvalue weighted by Crippen LogP contribution is 2.18. The van der Waals surface area contributed by atoms with Crippen LogP contribution in [0.3, 0.4) is 0 Å². The lowest BCUT2D eigenvalue weighted by Crippen LogP contribution is -2.15. The van der Waals surface area contributed by atoms with Crippen molar-refractivity contribution < 1.29 is 4.79 Å². The Hall–Kier alpha value is -1.45. The van der Waals surface area contributed by atoms with Crippen molar-refractivity contribution in [3.8, 4) is 0 Å². The van der Waals surface area contributed by atoms with Gasteiger partial charge in [0.15, 0.2) is 0 Å². The van der Waals surface area contributed by atoms with Crippen LogP contribution in [0.4, 0.5) is 0 Å². The Morgan fingerprint density at radius 2 is 2.14 bits per heavy atom. The molecule has 0 aliphatic heterocycles. The van der Waals surface area contributed by atoms with Gasteiger partial charge in [0.05, 0.1) is 0 Å². The molecule has 1 heterocycles. The molecule has 0 saturated carbocycles. The summed E-state index contributed by atoms with van der Waals surface area (Å²) in [7, 11) is 0. The van der Waals surface area contributed by atoms with Crippen molar-refractivity contribution in [1.82, 2.24) is 9.97 Å². The molecule has 76 valence electrons. The Morgan fingerprint density at radius 1 is 1.50 bits per heavy atom. The van der Waals surface area contributed by atoms with Gasteiger partial charge >= 0.3 is 0 Å². The van der Waals surface area contributed by atoms with Crippen LogP contribution in [0.25, 0.3) is 0 Å². The van der Waals surface area contributed by atoms with Gasteiger partial charge < -0.3 is 5.73 Å².